The van der Waals surface area contributed by atoms with Crippen LogP contribution in [0.25, 0.3) is 0 Å². The highest BCUT2D eigenvalue weighted by atomic mass is 16.5. The van der Waals surface area contributed by atoms with E-state index in [0.717, 1.165) is 23.3 Å². The molecule has 2 aromatic rings. The molecule has 0 spiro atoms. The second kappa shape index (κ2) is 6.74. The van der Waals surface area contributed by atoms with E-state index >= 15 is 0 Å². The third kappa shape index (κ3) is 3.11. The number of benzene rings is 2. The van der Waals surface area contributed by atoms with Gasteiger partial charge in [-0.25, -0.2) is 4.79 Å². The van der Waals surface area contributed by atoms with Crippen LogP contribution in [0.4, 0.5) is 0 Å². The van der Waals surface area contributed by atoms with Crippen molar-refractivity contribution in [1.29, 1.82) is 0 Å². The molecule has 2 aromatic carbocycles. The minimum absolute atomic E-state index is 0.0576. The number of esters is 1. The van der Waals surface area contributed by atoms with Gasteiger partial charge < -0.3 is 14.4 Å². The molecular formula is C19H19NO4. The van der Waals surface area contributed by atoms with E-state index in [9.17, 15) is 9.59 Å². The van der Waals surface area contributed by atoms with Crippen molar-refractivity contribution in [3.05, 3.63) is 64.7 Å². The molecule has 0 fully saturated rings. The topological polar surface area (TPSA) is 55.8 Å². The summed E-state index contributed by atoms with van der Waals surface area (Å²) in [5.41, 5.74) is 2.99. The van der Waals surface area contributed by atoms with Crippen LogP contribution in [-0.4, -0.2) is 37.5 Å². The number of carbonyl (C=O) groups is 2. The molecule has 0 N–H and O–H groups in total. The van der Waals surface area contributed by atoms with Crippen molar-refractivity contribution in [3.8, 4) is 5.75 Å². The standard InChI is InChI=1S/C19H19NO4/c1-23-16-7-3-13(4-8-16)12-20-10-9-14-5-6-15(19(22)24-2)11-17(14)18(20)21/h3-8,11H,9-10,12H2,1-2H3. The predicted octanol–water partition coefficient (Wildman–Crippen LogP) is 2.68. The lowest BCUT2D eigenvalue weighted by Gasteiger charge is -2.29. The minimum Gasteiger partial charge on any atom is -0.497 e. The van der Waals surface area contributed by atoms with Crippen molar-refractivity contribution in [1.82, 2.24) is 4.90 Å². The van der Waals surface area contributed by atoms with Gasteiger partial charge in [-0.05, 0) is 41.8 Å². The van der Waals surface area contributed by atoms with Crippen molar-refractivity contribution < 1.29 is 19.1 Å². The van der Waals surface area contributed by atoms with Crippen molar-refractivity contribution in [2.24, 2.45) is 0 Å². The molecular weight excluding hydrogens is 306 g/mol. The molecule has 0 saturated heterocycles. The average molecular weight is 325 g/mol. The molecule has 5 nitrogen and oxygen atoms in total. The van der Waals surface area contributed by atoms with E-state index in [1.54, 1.807) is 24.1 Å². The number of rotatable bonds is 4. The molecule has 0 aromatic heterocycles. The van der Waals surface area contributed by atoms with Crippen LogP contribution in [-0.2, 0) is 17.7 Å². The molecule has 0 saturated carbocycles. The Kier molecular flexibility index (Phi) is 4.51. The van der Waals surface area contributed by atoms with E-state index in [-0.39, 0.29) is 5.91 Å². The smallest absolute Gasteiger partial charge is 0.337 e. The third-order valence-electron chi connectivity index (χ3n) is 4.23. The number of hydrogen-bond donors (Lipinski definition) is 0. The summed E-state index contributed by atoms with van der Waals surface area (Å²) in [6.45, 7) is 1.19. The number of carbonyl (C=O) groups excluding carboxylic acids is 2. The Balaban J connectivity index is 1.81. The molecule has 1 aliphatic heterocycles. The fourth-order valence-corrected chi connectivity index (χ4v) is 2.87. The number of nitrogens with zero attached hydrogens (tertiary/aromatic N) is 1. The van der Waals surface area contributed by atoms with Crippen LogP contribution in [0.3, 0.4) is 0 Å². The molecule has 0 atom stereocenters. The summed E-state index contributed by atoms with van der Waals surface area (Å²) in [4.78, 5) is 26.2. The molecule has 0 aliphatic carbocycles. The van der Waals surface area contributed by atoms with E-state index in [4.69, 9.17) is 9.47 Å². The van der Waals surface area contributed by atoms with Crippen LogP contribution in [0.5, 0.6) is 5.75 Å². The first-order valence-electron chi connectivity index (χ1n) is 7.76. The molecule has 1 aliphatic rings. The fourth-order valence-electron chi connectivity index (χ4n) is 2.87. The Morgan fingerprint density at radius 2 is 1.88 bits per heavy atom. The maximum absolute atomic E-state index is 12.8. The Morgan fingerprint density at radius 3 is 2.54 bits per heavy atom. The quantitative estimate of drug-likeness (QED) is 0.811. The van der Waals surface area contributed by atoms with Gasteiger partial charge in [0.05, 0.1) is 19.8 Å². The van der Waals surface area contributed by atoms with Gasteiger partial charge in [0.2, 0.25) is 0 Å². The predicted molar refractivity (Wildman–Crippen MR) is 89.2 cm³/mol. The molecule has 0 bridgehead atoms. The van der Waals surface area contributed by atoms with E-state index in [1.807, 2.05) is 30.3 Å². The van der Waals surface area contributed by atoms with E-state index in [0.29, 0.717) is 24.2 Å². The summed E-state index contributed by atoms with van der Waals surface area (Å²) in [6, 6.07) is 12.8. The monoisotopic (exact) mass is 325 g/mol. The van der Waals surface area contributed by atoms with Gasteiger partial charge in [-0.2, -0.15) is 0 Å². The van der Waals surface area contributed by atoms with Crippen molar-refractivity contribution >= 4 is 11.9 Å². The van der Waals surface area contributed by atoms with Crippen molar-refractivity contribution in [3.63, 3.8) is 0 Å². The number of methoxy groups -OCH3 is 2. The summed E-state index contributed by atoms with van der Waals surface area (Å²) >= 11 is 0. The Hall–Kier alpha value is -2.82. The second-order valence-electron chi connectivity index (χ2n) is 5.69. The lowest BCUT2D eigenvalue weighted by atomic mass is 9.96. The lowest BCUT2D eigenvalue weighted by molar-refractivity contribution is 0.0600. The van der Waals surface area contributed by atoms with Crippen LogP contribution in [0.2, 0.25) is 0 Å². The Labute approximate surface area is 140 Å². The summed E-state index contributed by atoms with van der Waals surface area (Å²) in [5, 5.41) is 0. The maximum atomic E-state index is 12.8. The summed E-state index contributed by atoms with van der Waals surface area (Å²) in [5.74, 6) is 0.299. The van der Waals surface area contributed by atoms with Crippen LogP contribution in [0.15, 0.2) is 42.5 Å². The SMILES string of the molecule is COC(=O)c1ccc2c(c1)C(=O)N(Cc1ccc(OC)cc1)CC2. The van der Waals surface area contributed by atoms with E-state index in [2.05, 4.69) is 0 Å². The first kappa shape index (κ1) is 16.1. The normalized spacial score (nSPS) is 13.4. The zero-order chi connectivity index (χ0) is 17.1. The highest BCUT2D eigenvalue weighted by Crippen LogP contribution is 2.23. The van der Waals surface area contributed by atoms with Crippen molar-refractivity contribution in [2.45, 2.75) is 13.0 Å². The van der Waals surface area contributed by atoms with Gasteiger partial charge in [0.15, 0.2) is 0 Å². The van der Waals surface area contributed by atoms with Crippen LogP contribution < -0.4 is 4.74 Å². The molecule has 0 unspecified atom stereocenters. The van der Waals surface area contributed by atoms with Gasteiger partial charge in [0, 0.05) is 18.7 Å². The zero-order valence-corrected chi connectivity index (χ0v) is 13.7. The van der Waals surface area contributed by atoms with Crippen LogP contribution in [0, 0.1) is 0 Å². The molecule has 124 valence electrons. The third-order valence-corrected chi connectivity index (χ3v) is 4.23. The molecule has 1 heterocycles. The van der Waals surface area contributed by atoms with E-state index < -0.39 is 5.97 Å². The first-order valence-corrected chi connectivity index (χ1v) is 7.76. The Bertz CT molecular complexity index is 767. The summed E-state index contributed by atoms with van der Waals surface area (Å²) < 4.78 is 9.88. The van der Waals surface area contributed by atoms with Crippen molar-refractivity contribution in [2.75, 3.05) is 20.8 Å². The van der Waals surface area contributed by atoms with Crippen LogP contribution in [0.1, 0.15) is 31.8 Å². The maximum Gasteiger partial charge on any atom is 0.337 e. The van der Waals surface area contributed by atoms with Gasteiger partial charge in [-0.3, -0.25) is 4.79 Å². The van der Waals surface area contributed by atoms with E-state index in [1.165, 1.54) is 7.11 Å². The second-order valence-corrected chi connectivity index (χ2v) is 5.69. The number of amides is 1. The van der Waals surface area contributed by atoms with Gasteiger partial charge >= 0.3 is 5.97 Å². The Morgan fingerprint density at radius 1 is 1.12 bits per heavy atom. The first-order chi connectivity index (χ1) is 11.6. The van der Waals surface area contributed by atoms with Gasteiger partial charge in [-0.1, -0.05) is 18.2 Å². The van der Waals surface area contributed by atoms with Gasteiger partial charge in [-0.15, -0.1) is 0 Å². The van der Waals surface area contributed by atoms with Gasteiger partial charge in [0.1, 0.15) is 5.75 Å². The summed E-state index contributed by atoms with van der Waals surface area (Å²) in [7, 11) is 2.96. The fraction of sp³-hybridized carbons (Fsp3) is 0.263. The van der Waals surface area contributed by atoms with Crippen LogP contribution >= 0.6 is 0 Å². The lowest BCUT2D eigenvalue weighted by Crippen LogP contribution is -2.37. The molecule has 1 amide bonds. The minimum atomic E-state index is -0.433. The number of fused-ring (bicyclic) bond motifs is 1. The molecule has 0 radical (unpaired) electrons. The highest BCUT2D eigenvalue weighted by molar-refractivity contribution is 5.99. The molecule has 5 heteroatoms. The van der Waals surface area contributed by atoms with Gasteiger partial charge in [0.25, 0.3) is 5.91 Å². The number of hydrogen-bond acceptors (Lipinski definition) is 4. The summed E-state index contributed by atoms with van der Waals surface area (Å²) in [6.07, 6.45) is 0.776. The largest absolute Gasteiger partial charge is 0.497 e. The molecule has 24 heavy (non-hydrogen) atoms. The zero-order valence-electron chi connectivity index (χ0n) is 13.7. The number of ether oxygens (including phenoxy) is 2. The average Bonchev–Trinajstić information content (AvgIpc) is 2.63. The molecule has 3 rings (SSSR count). The highest BCUT2D eigenvalue weighted by Gasteiger charge is 2.25.